The summed E-state index contributed by atoms with van der Waals surface area (Å²) in [6, 6.07) is 7.45. The fourth-order valence-electron chi connectivity index (χ4n) is 2.90. The van der Waals surface area contributed by atoms with E-state index in [-0.39, 0.29) is 11.9 Å². The molecule has 1 unspecified atom stereocenters. The van der Waals surface area contributed by atoms with Crippen molar-refractivity contribution in [2.75, 3.05) is 26.8 Å². The van der Waals surface area contributed by atoms with Crippen molar-refractivity contribution in [2.24, 2.45) is 0 Å². The molecule has 1 aromatic heterocycles. The minimum Gasteiger partial charge on any atom is -0.496 e. The molecule has 2 aromatic rings. The maximum absolute atomic E-state index is 12.7. The average molecular weight is 330 g/mol. The van der Waals surface area contributed by atoms with Gasteiger partial charge in [-0.1, -0.05) is 17.3 Å². The molecule has 7 heteroatoms. The maximum Gasteiger partial charge on any atom is 0.257 e. The number of ether oxygens (including phenoxy) is 2. The lowest BCUT2D eigenvalue weighted by molar-refractivity contribution is 0.0783. The normalized spacial score (nSPS) is 17.2. The maximum atomic E-state index is 12.7. The van der Waals surface area contributed by atoms with E-state index in [4.69, 9.17) is 9.47 Å². The van der Waals surface area contributed by atoms with Crippen LogP contribution < -0.4 is 4.74 Å². The van der Waals surface area contributed by atoms with Crippen LogP contribution in [0.1, 0.15) is 35.4 Å². The zero-order valence-corrected chi connectivity index (χ0v) is 14.0. The van der Waals surface area contributed by atoms with Crippen LogP contribution in [0.3, 0.4) is 0 Å². The number of amides is 1. The summed E-state index contributed by atoms with van der Waals surface area (Å²) in [6.07, 6.45) is 2.76. The SMILES string of the molecule is CCOCc1cn(C2CCN(C(=O)c3ccccc3OC)C2)nn1. The van der Waals surface area contributed by atoms with Gasteiger partial charge in [0, 0.05) is 19.7 Å². The van der Waals surface area contributed by atoms with Crippen LogP contribution in [-0.2, 0) is 11.3 Å². The highest BCUT2D eigenvalue weighted by atomic mass is 16.5. The summed E-state index contributed by atoms with van der Waals surface area (Å²) in [5, 5.41) is 8.29. The highest BCUT2D eigenvalue weighted by Gasteiger charge is 2.30. The molecule has 1 aromatic carbocycles. The van der Waals surface area contributed by atoms with Crippen molar-refractivity contribution in [3.8, 4) is 5.75 Å². The van der Waals surface area contributed by atoms with Gasteiger partial charge in [0.15, 0.2) is 0 Å². The first-order chi connectivity index (χ1) is 11.7. The number of rotatable bonds is 6. The molecule has 1 aliphatic rings. The molecule has 1 saturated heterocycles. The summed E-state index contributed by atoms with van der Waals surface area (Å²) >= 11 is 0. The second-order valence-electron chi connectivity index (χ2n) is 5.72. The first kappa shape index (κ1) is 16.4. The summed E-state index contributed by atoms with van der Waals surface area (Å²) in [7, 11) is 1.58. The number of para-hydroxylation sites is 1. The Balaban J connectivity index is 1.66. The van der Waals surface area contributed by atoms with E-state index in [1.54, 1.807) is 19.2 Å². The van der Waals surface area contributed by atoms with Crippen LogP contribution >= 0.6 is 0 Å². The Labute approximate surface area is 141 Å². The minimum atomic E-state index is -0.00962. The number of aromatic nitrogens is 3. The molecule has 1 atom stereocenters. The molecule has 24 heavy (non-hydrogen) atoms. The van der Waals surface area contributed by atoms with Crippen LogP contribution in [0, 0.1) is 0 Å². The molecule has 0 radical (unpaired) electrons. The Hall–Kier alpha value is -2.41. The van der Waals surface area contributed by atoms with Crippen LogP contribution in [0.15, 0.2) is 30.5 Å². The lowest BCUT2D eigenvalue weighted by Gasteiger charge is -2.18. The first-order valence-corrected chi connectivity index (χ1v) is 8.13. The topological polar surface area (TPSA) is 69.5 Å². The van der Waals surface area contributed by atoms with Crippen molar-refractivity contribution in [2.45, 2.75) is 26.0 Å². The van der Waals surface area contributed by atoms with E-state index in [1.165, 1.54) is 0 Å². The zero-order valence-electron chi connectivity index (χ0n) is 14.0. The van der Waals surface area contributed by atoms with Gasteiger partial charge in [0.1, 0.15) is 11.4 Å². The van der Waals surface area contributed by atoms with E-state index < -0.39 is 0 Å². The third kappa shape index (κ3) is 3.41. The second-order valence-corrected chi connectivity index (χ2v) is 5.72. The van der Waals surface area contributed by atoms with Gasteiger partial charge in [-0.15, -0.1) is 5.10 Å². The molecule has 2 heterocycles. The van der Waals surface area contributed by atoms with Crippen molar-refractivity contribution in [1.82, 2.24) is 19.9 Å². The van der Waals surface area contributed by atoms with E-state index in [9.17, 15) is 4.79 Å². The van der Waals surface area contributed by atoms with Gasteiger partial charge in [0.25, 0.3) is 5.91 Å². The van der Waals surface area contributed by atoms with Gasteiger partial charge in [0.05, 0.1) is 31.5 Å². The third-order valence-corrected chi connectivity index (χ3v) is 4.17. The Morgan fingerprint density at radius 3 is 3.00 bits per heavy atom. The molecule has 3 rings (SSSR count). The summed E-state index contributed by atoms with van der Waals surface area (Å²) < 4.78 is 12.5. The number of nitrogens with zero attached hydrogens (tertiary/aromatic N) is 4. The van der Waals surface area contributed by atoms with Crippen LogP contribution in [0.2, 0.25) is 0 Å². The van der Waals surface area contributed by atoms with Gasteiger partial charge in [-0.2, -0.15) is 0 Å². The van der Waals surface area contributed by atoms with Crippen LogP contribution in [-0.4, -0.2) is 52.6 Å². The van der Waals surface area contributed by atoms with E-state index >= 15 is 0 Å². The van der Waals surface area contributed by atoms with Crippen molar-refractivity contribution < 1.29 is 14.3 Å². The highest BCUT2D eigenvalue weighted by molar-refractivity contribution is 5.97. The monoisotopic (exact) mass is 330 g/mol. The van der Waals surface area contributed by atoms with E-state index in [0.717, 1.165) is 12.1 Å². The number of methoxy groups -OCH3 is 1. The quantitative estimate of drug-likeness (QED) is 0.809. The van der Waals surface area contributed by atoms with Crippen molar-refractivity contribution in [3.05, 3.63) is 41.7 Å². The summed E-state index contributed by atoms with van der Waals surface area (Å²) in [4.78, 5) is 14.6. The molecule has 0 aliphatic carbocycles. The van der Waals surface area contributed by atoms with Crippen molar-refractivity contribution >= 4 is 5.91 Å². The molecule has 0 bridgehead atoms. The molecule has 0 N–H and O–H groups in total. The highest BCUT2D eigenvalue weighted by Crippen LogP contribution is 2.25. The third-order valence-electron chi connectivity index (χ3n) is 4.17. The molecule has 1 fully saturated rings. The number of hydrogen-bond donors (Lipinski definition) is 0. The molecule has 7 nitrogen and oxygen atoms in total. The van der Waals surface area contributed by atoms with E-state index in [1.807, 2.05) is 34.8 Å². The molecular weight excluding hydrogens is 308 g/mol. The van der Waals surface area contributed by atoms with Gasteiger partial charge in [-0.3, -0.25) is 4.79 Å². The van der Waals surface area contributed by atoms with Gasteiger partial charge in [0.2, 0.25) is 0 Å². The smallest absolute Gasteiger partial charge is 0.257 e. The number of hydrogen-bond acceptors (Lipinski definition) is 5. The molecule has 128 valence electrons. The number of likely N-dealkylation sites (tertiary alicyclic amines) is 1. The number of carbonyl (C=O) groups is 1. The number of benzene rings is 1. The minimum absolute atomic E-state index is 0.00962. The lowest BCUT2D eigenvalue weighted by Crippen LogP contribution is -2.29. The second kappa shape index (κ2) is 7.44. The van der Waals surface area contributed by atoms with Gasteiger partial charge in [-0.25, -0.2) is 4.68 Å². The molecular formula is C17H22N4O3. The van der Waals surface area contributed by atoms with Gasteiger partial charge >= 0.3 is 0 Å². The molecule has 1 amide bonds. The predicted molar refractivity (Wildman–Crippen MR) is 87.9 cm³/mol. The molecule has 1 aliphatic heterocycles. The van der Waals surface area contributed by atoms with Crippen LogP contribution in [0.5, 0.6) is 5.75 Å². The molecule has 0 spiro atoms. The zero-order chi connectivity index (χ0) is 16.9. The average Bonchev–Trinajstić information content (AvgIpc) is 3.28. The summed E-state index contributed by atoms with van der Waals surface area (Å²) in [6.45, 7) is 4.38. The summed E-state index contributed by atoms with van der Waals surface area (Å²) in [5.41, 5.74) is 1.41. The van der Waals surface area contributed by atoms with Gasteiger partial charge in [-0.05, 0) is 25.5 Å². The lowest BCUT2D eigenvalue weighted by atomic mass is 10.2. The van der Waals surface area contributed by atoms with E-state index in [0.29, 0.717) is 37.6 Å². The van der Waals surface area contributed by atoms with Crippen LogP contribution in [0.4, 0.5) is 0 Å². The Bertz CT molecular complexity index is 701. The first-order valence-electron chi connectivity index (χ1n) is 8.13. The van der Waals surface area contributed by atoms with Crippen molar-refractivity contribution in [1.29, 1.82) is 0 Å². The van der Waals surface area contributed by atoms with Crippen LogP contribution in [0.25, 0.3) is 0 Å². The predicted octanol–water partition coefficient (Wildman–Crippen LogP) is 1.91. The molecule has 0 saturated carbocycles. The summed E-state index contributed by atoms with van der Waals surface area (Å²) in [5.74, 6) is 0.593. The number of carbonyl (C=O) groups excluding carboxylic acids is 1. The fraction of sp³-hybridized carbons (Fsp3) is 0.471. The Morgan fingerprint density at radius 2 is 2.21 bits per heavy atom. The van der Waals surface area contributed by atoms with Crippen molar-refractivity contribution in [3.63, 3.8) is 0 Å². The largest absolute Gasteiger partial charge is 0.496 e. The Morgan fingerprint density at radius 1 is 1.38 bits per heavy atom. The standard InChI is InChI=1S/C17H22N4O3/c1-3-24-12-13-10-21(19-18-13)14-8-9-20(11-14)17(22)15-6-4-5-7-16(15)23-2/h4-7,10,14H,3,8-9,11-12H2,1-2H3. The fourth-order valence-corrected chi connectivity index (χ4v) is 2.90. The van der Waals surface area contributed by atoms with Gasteiger partial charge < -0.3 is 14.4 Å². The Kier molecular flexibility index (Phi) is 5.10. The van der Waals surface area contributed by atoms with E-state index in [2.05, 4.69) is 10.3 Å².